The first-order valence-corrected chi connectivity index (χ1v) is 20.6. The third kappa shape index (κ3) is 5.09. The first-order chi connectivity index (χ1) is 33.1. The van der Waals surface area contributed by atoms with Gasteiger partial charge < -0.3 is 4.74 Å². The summed E-state index contributed by atoms with van der Waals surface area (Å²) in [5.41, 5.74) is 8.74. The quantitative estimate of drug-likeness (QED) is 0.163. The highest BCUT2D eigenvalue weighted by Crippen LogP contribution is 2.54. The zero-order valence-corrected chi connectivity index (χ0v) is 35.4. The van der Waals surface area contributed by atoms with Crippen molar-refractivity contribution in [2.75, 3.05) is 0 Å². The molecule has 5 heterocycles. The summed E-state index contributed by atoms with van der Waals surface area (Å²) in [6.45, 7) is 16.7. The number of fused-ring (bicyclic) bond motifs is 5. The summed E-state index contributed by atoms with van der Waals surface area (Å²) in [5.74, 6) is -0.873. The van der Waals surface area contributed by atoms with E-state index in [1.165, 1.54) is 0 Å². The van der Waals surface area contributed by atoms with Crippen molar-refractivity contribution in [1.29, 1.82) is 0 Å². The molecule has 0 aliphatic carbocycles. The summed E-state index contributed by atoms with van der Waals surface area (Å²) in [5, 5.41) is 0. The first-order valence-electron chi connectivity index (χ1n) is 26.1. The number of rotatable bonds is 3. The molecule has 6 aromatic carbocycles. The van der Waals surface area contributed by atoms with Gasteiger partial charge in [-0.25, -0.2) is 0 Å². The van der Waals surface area contributed by atoms with E-state index in [4.69, 9.17) is 11.6 Å². The minimum absolute atomic E-state index is 0.121. The lowest BCUT2D eigenvalue weighted by atomic mass is 9.79. The fourth-order valence-corrected chi connectivity index (χ4v) is 9.31. The zero-order chi connectivity index (χ0) is 51.1. The smallest absolute Gasteiger partial charge is 0.392 e. The Balaban J connectivity index is 1.29. The second-order valence-electron chi connectivity index (χ2n) is 19.5. The standard InChI is InChI=1S/C56H53N3O/c1-34-27-36(38-28-39(53(2,3)4)31-40(29-38)54(5,6)7)23-24-46(34)58-47-21-16-20-42-44-32-41(55(8,9)10)33-45-48-30-37(35-17-12-11-13-18-35)25-26-57(48)56(50(44)45)59(51(42)47)52(58)43-19-14-15-22-49(43)60-56/h11-33H,1-10H3/q+2/i1D3,11D,12D,13D,17D,18D,25D,26D,30D. The number of para-hydroxylation sites is 2. The Morgan fingerprint density at radius 1 is 0.617 bits per heavy atom. The van der Waals surface area contributed by atoms with Gasteiger partial charge in [0.2, 0.25) is 5.69 Å². The van der Waals surface area contributed by atoms with Gasteiger partial charge in [-0.05, 0) is 116 Å². The van der Waals surface area contributed by atoms with E-state index in [2.05, 4.69) is 86.6 Å². The van der Waals surface area contributed by atoms with E-state index >= 15 is 0 Å². The minimum atomic E-state index is -2.60. The van der Waals surface area contributed by atoms with Crippen molar-refractivity contribution in [2.45, 2.75) is 91.3 Å². The first kappa shape index (κ1) is 26.8. The average molecular weight is 795 g/mol. The van der Waals surface area contributed by atoms with Crippen LogP contribution in [-0.4, -0.2) is 4.57 Å². The highest BCUT2D eigenvalue weighted by Gasteiger charge is 2.68. The maximum Gasteiger partial charge on any atom is 0.499 e. The number of imidazole rings is 1. The Hall–Kier alpha value is -6.26. The number of pyridine rings is 1. The summed E-state index contributed by atoms with van der Waals surface area (Å²) >= 11 is 0. The van der Waals surface area contributed by atoms with E-state index in [0.717, 1.165) is 38.9 Å². The molecule has 0 saturated heterocycles. The molecule has 2 aromatic heterocycles. The van der Waals surface area contributed by atoms with Gasteiger partial charge in [0, 0.05) is 27.3 Å². The molecular weight excluding hydrogens is 731 g/mol. The van der Waals surface area contributed by atoms with Crippen molar-refractivity contribution in [2.24, 2.45) is 0 Å². The molecule has 0 fully saturated rings. The normalized spacial score (nSPS) is 18.9. The van der Waals surface area contributed by atoms with E-state index in [9.17, 15) is 8.22 Å². The fraction of sp³-hybridized carbons (Fsp3) is 0.250. The molecule has 3 aliphatic heterocycles. The van der Waals surface area contributed by atoms with Gasteiger partial charge >= 0.3 is 11.7 Å². The summed E-state index contributed by atoms with van der Waals surface area (Å²) in [6, 6.07) is 25.8. The van der Waals surface area contributed by atoms with Crippen LogP contribution in [0.2, 0.25) is 0 Å². The minimum Gasteiger partial charge on any atom is -0.392 e. The van der Waals surface area contributed by atoms with E-state index in [-0.39, 0.29) is 39.3 Å². The maximum absolute atomic E-state index is 10.1. The Kier molecular flexibility index (Phi) is 5.42. The summed E-state index contributed by atoms with van der Waals surface area (Å²) in [7, 11) is 0. The third-order valence-corrected chi connectivity index (χ3v) is 12.5. The molecule has 0 saturated carbocycles. The molecule has 1 unspecified atom stereocenters. The van der Waals surface area contributed by atoms with Gasteiger partial charge in [0.05, 0.1) is 15.2 Å². The molecule has 3 aliphatic rings. The molecule has 4 nitrogen and oxygen atoms in total. The van der Waals surface area contributed by atoms with Gasteiger partial charge in [0.15, 0.2) is 17.2 Å². The van der Waals surface area contributed by atoms with Crippen LogP contribution in [0.3, 0.4) is 0 Å². The Morgan fingerprint density at radius 2 is 1.30 bits per heavy atom. The molecule has 8 aromatic rings. The molecule has 60 heavy (non-hydrogen) atoms. The van der Waals surface area contributed by atoms with Crippen LogP contribution >= 0.6 is 0 Å². The maximum atomic E-state index is 10.1. The van der Waals surface area contributed by atoms with Gasteiger partial charge in [-0.2, -0.15) is 4.57 Å². The predicted molar refractivity (Wildman–Crippen MR) is 245 cm³/mol. The van der Waals surface area contributed by atoms with Crippen LogP contribution in [0.4, 0.5) is 0 Å². The second-order valence-corrected chi connectivity index (χ2v) is 19.5. The van der Waals surface area contributed by atoms with E-state index < -0.39 is 60.5 Å². The molecule has 1 atom stereocenters. The van der Waals surface area contributed by atoms with E-state index in [0.29, 0.717) is 45.0 Å². The monoisotopic (exact) mass is 794 g/mol. The lowest BCUT2D eigenvalue weighted by Gasteiger charge is -2.32. The van der Waals surface area contributed by atoms with E-state index in [1.54, 1.807) is 10.6 Å². The number of ether oxygens (including phenoxy) is 1. The van der Waals surface area contributed by atoms with Gasteiger partial charge in [-0.3, -0.25) is 0 Å². The van der Waals surface area contributed by atoms with Crippen LogP contribution in [0.15, 0.2) is 139 Å². The van der Waals surface area contributed by atoms with Crippen molar-refractivity contribution in [3.8, 4) is 67.5 Å². The summed E-state index contributed by atoms with van der Waals surface area (Å²) in [4.78, 5) is 0. The SMILES string of the molecule is [2H]c1c([2H])c([2H])c(-c2c([2H])c([2H])[n+]3c(c2[2H])-c2cc(C(C)(C)C)cc4c2C32Oc3ccccc3-c3n(-c5ccc(-c6cc(C(C)(C)C)cc(C(C)(C)C)c6)cc5C([2H])([2H])[2H])c5cccc-4c5[n+]32)c([2H])c1[2H]. The van der Waals surface area contributed by atoms with Crippen LogP contribution < -0.4 is 13.9 Å². The van der Waals surface area contributed by atoms with Gasteiger partial charge in [-0.15, -0.1) is 9.13 Å². The fourth-order valence-electron chi connectivity index (χ4n) is 9.31. The van der Waals surface area contributed by atoms with Gasteiger partial charge in [0.25, 0.3) is 0 Å². The number of hydrogen-bond donors (Lipinski definition) is 0. The average Bonchev–Trinajstić information content (AvgIpc) is 3.81. The Labute approximate surface area is 369 Å². The van der Waals surface area contributed by atoms with Crippen molar-refractivity contribution in [3.63, 3.8) is 0 Å². The molecule has 296 valence electrons. The topological polar surface area (TPSA) is 21.9 Å². The number of hydrogen-bond acceptors (Lipinski definition) is 1. The molecule has 0 bridgehead atoms. The van der Waals surface area contributed by atoms with E-state index in [1.807, 2.05) is 69.8 Å². The molecule has 0 radical (unpaired) electrons. The molecule has 0 amide bonds. The van der Waals surface area contributed by atoms with Crippen LogP contribution in [0.25, 0.3) is 72.7 Å². The highest BCUT2D eigenvalue weighted by molar-refractivity contribution is 5.98. The Bertz CT molecular complexity index is 3660. The lowest BCUT2D eigenvalue weighted by molar-refractivity contribution is -0.997. The summed E-state index contributed by atoms with van der Waals surface area (Å²) in [6.07, 6.45) is -0.421. The Morgan fingerprint density at radius 3 is 2.02 bits per heavy atom. The van der Waals surface area contributed by atoms with Gasteiger partial charge in [0.1, 0.15) is 23.9 Å². The molecular formula is C56H53N3O+2. The third-order valence-electron chi connectivity index (χ3n) is 12.5. The highest BCUT2D eigenvalue weighted by atomic mass is 16.5. The number of nitrogens with zero attached hydrogens (tertiary/aromatic N) is 3. The number of benzene rings is 6. The van der Waals surface area contributed by atoms with Crippen molar-refractivity contribution in [3.05, 3.63) is 167 Å². The largest absolute Gasteiger partial charge is 0.499 e. The zero-order valence-electron chi connectivity index (χ0n) is 46.4. The molecule has 11 rings (SSSR count). The van der Waals surface area contributed by atoms with Gasteiger partial charge in [-0.1, -0.05) is 135 Å². The van der Waals surface area contributed by atoms with Crippen LogP contribution in [-0.2, 0) is 22.1 Å². The molecule has 1 spiro atoms. The predicted octanol–water partition coefficient (Wildman–Crippen LogP) is 13.0. The number of aryl methyl sites for hydroxylation is 1. The molecule has 4 heteroatoms. The van der Waals surface area contributed by atoms with Crippen LogP contribution in [0.5, 0.6) is 5.75 Å². The van der Waals surface area contributed by atoms with Crippen LogP contribution in [0, 0.1) is 6.85 Å². The lowest BCUT2D eigenvalue weighted by Crippen LogP contribution is -2.78. The summed E-state index contributed by atoms with van der Waals surface area (Å²) < 4.78 is 114. The molecule has 0 N–H and O–H groups in total. The van der Waals surface area contributed by atoms with Crippen molar-refractivity contribution < 1.29 is 28.9 Å². The van der Waals surface area contributed by atoms with Crippen molar-refractivity contribution >= 4 is 11.0 Å². The second kappa shape index (κ2) is 12.2. The van der Waals surface area contributed by atoms with Crippen LogP contribution in [0.1, 0.15) is 105 Å². The van der Waals surface area contributed by atoms with Crippen molar-refractivity contribution in [1.82, 2.24) is 4.57 Å². The number of aromatic nitrogens is 3.